The number of hydrogen-bond acceptors (Lipinski definition) is 5. The van der Waals surface area contributed by atoms with Gasteiger partial charge in [0.05, 0.1) is 10.4 Å². The highest BCUT2D eigenvalue weighted by molar-refractivity contribution is 7.18. The number of benzene rings is 2. The SMILES string of the molecule is Cc1[nH]nc2ccc(-c3cnc(NCC(N)Cc4ccc(Cl)cc4)s3)cc12. The molecule has 0 saturated heterocycles. The molecule has 4 aromatic rings. The lowest BCUT2D eigenvalue weighted by Gasteiger charge is -2.12. The zero-order chi connectivity index (χ0) is 18.8. The van der Waals surface area contributed by atoms with E-state index in [2.05, 4.69) is 32.6 Å². The highest BCUT2D eigenvalue weighted by atomic mass is 35.5. The first-order chi connectivity index (χ1) is 13.1. The molecule has 0 aliphatic carbocycles. The van der Waals surface area contributed by atoms with Crippen molar-refractivity contribution >= 4 is 39.0 Å². The van der Waals surface area contributed by atoms with Crippen molar-refractivity contribution in [3.05, 3.63) is 64.9 Å². The number of nitrogens with two attached hydrogens (primary N) is 1. The molecule has 4 rings (SSSR count). The summed E-state index contributed by atoms with van der Waals surface area (Å²) >= 11 is 7.55. The first kappa shape index (κ1) is 18.0. The van der Waals surface area contributed by atoms with E-state index in [1.807, 2.05) is 43.5 Å². The number of hydrogen-bond donors (Lipinski definition) is 3. The average Bonchev–Trinajstić information content (AvgIpc) is 3.29. The Bertz CT molecular complexity index is 1050. The van der Waals surface area contributed by atoms with E-state index in [1.165, 1.54) is 5.56 Å². The Morgan fingerprint density at radius 2 is 2.04 bits per heavy atom. The lowest BCUT2D eigenvalue weighted by atomic mass is 10.1. The first-order valence-electron chi connectivity index (χ1n) is 8.73. The molecule has 0 bridgehead atoms. The molecule has 5 nitrogen and oxygen atoms in total. The van der Waals surface area contributed by atoms with Gasteiger partial charge in [0.1, 0.15) is 0 Å². The first-order valence-corrected chi connectivity index (χ1v) is 9.93. The third kappa shape index (κ3) is 4.13. The zero-order valence-corrected chi connectivity index (χ0v) is 16.4. The van der Waals surface area contributed by atoms with E-state index in [-0.39, 0.29) is 6.04 Å². The summed E-state index contributed by atoms with van der Waals surface area (Å²) in [5, 5.41) is 13.4. The molecule has 0 spiro atoms. The molecule has 0 fully saturated rings. The molecular weight excluding hydrogens is 378 g/mol. The number of nitrogens with zero attached hydrogens (tertiary/aromatic N) is 2. The fraction of sp³-hybridized carbons (Fsp3) is 0.200. The predicted molar refractivity (Wildman–Crippen MR) is 114 cm³/mol. The molecule has 0 aliphatic rings. The zero-order valence-electron chi connectivity index (χ0n) is 14.9. The van der Waals surface area contributed by atoms with Crippen LogP contribution >= 0.6 is 22.9 Å². The quantitative estimate of drug-likeness (QED) is 0.443. The topological polar surface area (TPSA) is 79.6 Å². The van der Waals surface area contributed by atoms with Crippen LogP contribution in [0.4, 0.5) is 5.13 Å². The van der Waals surface area contributed by atoms with Gasteiger partial charge in [0.15, 0.2) is 5.13 Å². The van der Waals surface area contributed by atoms with Crippen LogP contribution in [0.15, 0.2) is 48.7 Å². The van der Waals surface area contributed by atoms with Crippen molar-refractivity contribution in [1.29, 1.82) is 0 Å². The standard InChI is InChI=1S/C20H20ClN5S/c1-12-17-9-14(4-7-18(17)26-25-12)19-11-24-20(27-19)23-10-16(22)8-13-2-5-15(21)6-3-13/h2-7,9,11,16H,8,10,22H2,1H3,(H,23,24)(H,25,26). The molecule has 0 amide bonds. The summed E-state index contributed by atoms with van der Waals surface area (Å²) in [5.41, 5.74) is 10.6. The molecule has 2 aromatic carbocycles. The minimum absolute atomic E-state index is 0.00320. The number of aromatic amines is 1. The van der Waals surface area contributed by atoms with E-state index in [0.29, 0.717) is 6.54 Å². The molecular formula is C20H20ClN5S. The van der Waals surface area contributed by atoms with Gasteiger partial charge in [-0.15, -0.1) is 0 Å². The normalized spacial score (nSPS) is 12.4. The number of rotatable bonds is 6. The van der Waals surface area contributed by atoms with Crippen molar-refractivity contribution in [2.24, 2.45) is 5.73 Å². The highest BCUT2D eigenvalue weighted by Gasteiger charge is 2.09. The fourth-order valence-electron chi connectivity index (χ4n) is 2.99. The predicted octanol–water partition coefficient (Wildman–Crippen LogP) is 4.63. The number of aryl methyl sites for hydroxylation is 1. The van der Waals surface area contributed by atoms with Crippen molar-refractivity contribution in [2.45, 2.75) is 19.4 Å². The van der Waals surface area contributed by atoms with Gasteiger partial charge in [-0.1, -0.05) is 41.1 Å². The van der Waals surface area contributed by atoms with Crippen molar-refractivity contribution in [3.63, 3.8) is 0 Å². The van der Waals surface area contributed by atoms with Crippen molar-refractivity contribution in [2.75, 3.05) is 11.9 Å². The van der Waals surface area contributed by atoms with Crippen LogP contribution in [0.5, 0.6) is 0 Å². The largest absolute Gasteiger partial charge is 0.360 e. The molecule has 2 aromatic heterocycles. The summed E-state index contributed by atoms with van der Waals surface area (Å²) < 4.78 is 0. The van der Waals surface area contributed by atoms with Gasteiger partial charge < -0.3 is 11.1 Å². The number of anilines is 1. The summed E-state index contributed by atoms with van der Waals surface area (Å²) in [6.45, 7) is 2.69. The molecule has 0 aliphatic heterocycles. The minimum atomic E-state index is 0.00320. The van der Waals surface area contributed by atoms with Crippen LogP contribution in [0.25, 0.3) is 21.3 Å². The average molecular weight is 398 g/mol. The molecule has 0 saturated carbocycles. The van der Waals surface area contributed by atoms with Gasteiger partial charge in [0.2, 0.25) is 0 Å². The molecule has 138 valence electrons. The van der Waals surface area contributed by atoms with Crippen LogP contribution < -0.4 is 11.1 Å². The second kappa shape index (κ2) is 7.68. The van der Waals surface area contributed by atoms with Gasteiger partial charge in [-0.05, 0) is 48.7 Å². The van der Waals surface area contributed by atoms with Gasteiger partial charge in [0.25, 0.3) is 0 Å². The van der Waals surface area contributed by atoms with E-state index in [0.717, 1.165) is 43.6 Å². The number of aromatic nitrogens is 3. The van der Waals surface area contributed by atoms with Gasteiger partial charge >= 0.3 is 0 Å². The van der Waals surface area contributed by atoms with E-state index in [9.17, 15) is 0 Å². The molecule has 7 heteroatoms. The second-order valence-electron chi connectivity index (χ2n) is 6.58. The molecule has 2 heterocycles. The van der Waals surface area contributed by atoms with Crippen molar-refractivity contribution in [3.8, 4) is 10.4 Å². The lowest BCUT2D eigenvalue weighted by Crippen LogP contribution is -2.31. The maximum atomic E-state index is 6.25. The van der Waals surface area contributed by atoms with Crippen molar-refractivity contribution < 1.29 is 0 Å². The van der Waals surface area contributed by atoms with E-state index in [4.69, 9.17) is 17.3 Å². The summed E-state index contributed by atoms with van der Waals surface area (Å²) in [6, 6.07) is 14.1. The van der Waals surface area contributed by atoms with Crippen LogP contribution in [0.2, 0.25) is 5.02 Å². The molecule has 27 heavy (non-hydrogen) atoms. The summed E-state index contributed by atoms with van der Waals surface area (Å²) in [6.07, 6.45) is 2.69. The maximum absolute atomic E-state index is 6.25. The number of nitrogens with one attached hydrogen (secondary N) is 2. The third-order valence-electron chi connectivity index (χ3n) is 4.46. The Labute approximate surface area is 166 Å². The number of thiazole rings is 1. The summed E-state index contributed by atoms with van der Waals surface area (Å²) in [4.78, 5) is 5.60. The number of fused-ring (bicyclic) bond motifs is 1. The Hall–Kier alpha value is -2.41. The van der Waals surface area contributed by atoms with Crippen LogP contribution in [0, 0.1) is 6.92 Å². The summed E-state index contributed by atoms with van der Waals surface area (Å²) in [5.74, 6) is 0. The molecule has 4 N–H and O–H groups in total. The van der Waals surface area contributed by atoms with E-state index in [1.54, 1.807) is 11.3 Å². The van der Waals surface area contributed by atoms with Crippen LogP contribution in [0.3, 0.4) is 0 Å². The third-order valence-corrected chi connectivity index (χ3v) is 5.72. The van der Waals surface area contributed by atoms with Crippen molar-refractivity contribution in [1.82, 2.24) is 15.2 Å². The van der Waals surface area contributed by atoms with Crippen LogP contribution in [-0.2, 0) is 6.42 Å². The van der Waals surface area contributed by atoms with E-state index < -0.39 is 0 Å². The van der Waals surface area contributed by atoms with Crippen LogP contribution in [0.1, 0.15) is 11.3 Å². The van der Waals surface area contributed by atoms with Crippen LogP contribution in [-0.4, -0.2) is 27.8 Å². The Kier molecular flexibility index (Phi) is 5.11. The monoisotopic (exact) mass is 397 g/mol. The summed E-state index contributed by atoms with van der Waals surface area (Å²) in [7, 11) is 0. The Morgan fingerprint density at radius 3 is 2.85 bits per heavy atom. The maximum Gasteiger partial charge on any atom is 0.183 e. The van der Waals surface area contributed by atoms with E-state index >= 15 is 0 Å². The molecule has 1 unspecified atom stereocenters. The van der Waals surface area contributed by atoms with Gasteiger partial charge in [-0.3, -0.25) is 5.10 Å². The Balaban J connectivity index is 1.40. The van der Waals surface area contributed by atoms with Gasteiger partial charge in [0, 0.05) is 34.9 Å². The number of halogens is 1. The number of H-pyrrole nitrogens is 1. The second-order valence-corrected chi connectivity index (χ2v) is 8.05. The Morgan fingerprint density at radius 1 is 1.22 bits per heavy atom. The smallest absolute Gasteiger partial charge is 0.183 e. The van der Waals surface area contributed by atoms with Gasteiger partial charge in [-0.25, -0.2) is 4.98 Å². The highest BCUT2D eigenvalue weighted by Crippen LogP contribution is 2.31. The van der Waals surface area contributed by atoms with Gasteiger partial charge in [-0.2, -0.15) is 5.10 Å². The molecule has 0 radical (unpaired) electrons. The minimum Gasteiger partial charge on any atom is -0.360 e. The lowest BCUT2D eigenvalue weighted by molar-refractivity contribution is 0.699. The fourth-order valence-corrected chi connectivity index (χ4v) is 3.94. The molecule has 1 atom stereocenters.